The summed E-state index contributed by atoms with van der Waals surface area (Å²) in [4.78, 5) is 22.4. The van der Waals surface area contributed by atoms with Crippen molar-refractivity contribution in [1.82, 2.24) is 15.3 Å². The smallest absolute Gasteiger partial charge is 0.270 e. The Balaban J connectivity index is 2.04. The lowest BCUT2D eigenvalue weighted by atomic mass is 10.1. The molecule has 116 valence electrons. The molecular weight excluding hydrogens is 280 g/mol. The molecule has 2 heterocycles. The second-order valence-electron chi connectivity index (χ2n) is 5.17. The molecule has 2 aromatic heterocycles. The number of pyridine rings is 2. The van der Waals surface area contributed by atoms with Gasteiger partial charge in [-0.05, 0) is 24.3 Å². The Labute approximate surface area is 129 Å². The van der Waals surface area contributed by atoms with Crippen molar-refractivity contribution in [1.29, 1.82) is 0 Å². The number of aliphatic hydroxyl groups excluding tert-OH is 1. The van der Waals surface area contributed by atoms with Gasteiger partial charge in [-0.3, -0.25) is 14.8 Å². The molecule has 2 rings (SSSR count). The zero-order valence-electron chi connectivity index (χ0n) is 12.7. The van der Waals surface area contributed by atoms with Crippen LogP contribution < -0.4 is 10.2 Å². The maximum atomic E-state index is 12.3. The van der Waals surface area contributed by atoms with Gasteiger partial charge in [0.1, 0.15) is 5.69 Å². The third-order valence-electron chi connectivity index (χ3n) is 3.23. The second kappa shape index (κ2) is 7.51. The molecule has 0 bridgehead atoms. The summed E-state index contributed by atoms with van der Waals surface area (Å²) < 4.78 is 0. The average Bonchev–Trinajstić information content (AvgIpc) is 2.55. The topological polar surface area (TPSA) is 78.4 Å². The zero-order chi connectivity index (χ0) is 15.9. The molecule has 0 radical (unpaired) electrons. The fourth-order valence-electron chi connectivity index (χ4n) is 2.01. The van der Waals surface area contributed by atoms with E-state index in [1.54, 1.807) is 18.5 Å². The fraction of sp³-hybridized carbons (Fsp3) is 0.312. The first-order valence-corrected chi connectivity index (χ1v) is 7.05. The van der Waals surface area contributed by atoms with E-state index < -0.39 is 6.04 Å². The lowest BCUT2D eigenvalue weighted by molar-refractivity contribution is 0.0911. The van der Waals surface area contributed by atoms with Crippen LogP contribution in [0.4, 0.5) is 5.69 Å². The molecule has 6 heteroatoms. The SMILES string of the molecule is CN(C)c1ccnc(C(=O)N[C@@H](CO)Cc2ccccn2)c1. The number of rotatable bonds is 6. The van der Waals surface area contributed by atoms with Crippen LogP contribution in [0.25, 0.3) is 0 Å². The Hall–Kier alpha value is -2.47. The lowest BCUT2D eigenvalue weighted by Gasteiger charge is -2.17. The lowest BCUT2D eigenvalue weighted by Crippen LogP contribution is -2.39. The van der Waals surface area contributed by atoms with E-state index in [2.05, 4.69) is 15.3 Å². The van der Waals surface area contributed by atoms with Crippen molar-refractivity contribution in [3.05, 3.63) is 54.1 Å². The monoisotopic (exact) mass is 300 g/mol. The van der Waals surface area contributed by atoms with Gasteiger partial charge < -0.3 is 15.3 Å². The molecule has 0 spiro atoms. The number of aliphatic hydroxyl groups is 1. The van der Waals surface area contributed by atoms with Crippen molar-refractivity contribution in [3.63, 3.8) is 0 Å². The van der Waals surface area contributed by atoms with E-state index in [1.807, 2.05) is 43.3 Å². The Morgan fingerprint density at radius 1 is 1.27 bits per heavy atom. The van der Waals surface area contributed by atoms with Crippen LogP contribution in [-0.4, -0.2) is 47.7 Å². The van der Waals surface area contributed by atoms with Gasteiger partial charge in [0.15, 0.2) is 0 Å². The molecule has 0 aliphatic heterocycles. The van der Waals surface area contributed by atoms with Gasteiger partial charge in [0, 0.05) is 44.3 Å². The van der Waals surface area contributed by atoms with Gasteiger partial charge in [-0.15, -0.1) is 0 Å². The standard InChI is InChI=1S/C16H20N4O2/c1-20(2)14-6-8-18-15(10-14)16(22)19-13(11-21)9-12-5-3-4-7-17-12/h3-8,10,13,21H,9,11H2,1-2H3,(H,19,22)/t13-/m1/s1. The molecule has 0 aromatic carbocycles. The van der Waals surface area contributed by atoms with E-state index in [0.29, 0.717) is 12.1 Å². The quantitative estimate of drug-likeness (QED) is 0.828. The summed E-state index contributed by atoms with van der Waals surface area (Å²) in [6.45, 7) is -0.157. The molecule has 0 saturated heterocycles. The van der Waals surface area contributed by atoms with Crippen molar-refractivity contribution in [2.24, 2.45) is 0 Å². The van der Waals surface area contributed by atoms with Crippen LogP contribution in [0.2, 0.25) is 0 Å². The Morgan fingerprint density at radius 2 is 2.09 bits per heavy atom. The van der Waals surface area contributed by atoms with Crippen molar-refractivity contribution < 1.29 is 9.90 Å². The van der Waals surface area contributed by atoms with Gasteiger partial charge in [-0.25, -0.2) is 0 Å². The van der Waals surface area contributed by atoms with Crippen molar-refractivity contribution in [2.75, 3.05) is 25.6 Å². The summed E-state index contributed by atoms with van der Waals surface area (Å²) in [6.07, 6.45) is 3.75. The van der Waals surface area contributed by atoms with Gasteiger partial charge in [-0.1, -0.05) is 6.07 Å². The van der Waals surface area contributed by atoms with Crippen LogP contribution in [0, 0.1) is 0 Å². The Morgan fingerprint density at radius 3 is 2.73 bits per heavy atom. The van der Waals surface area contributed by atoms with E-state index in [0.717, 1.165) is 11.4 Å². The number of carbonyl (C=O) groups is 1. The highest BCUT2D eigenvalue weighted by Crippen LogP contribution is 2.11. The van der Waals surface area contributed by atoms with Crippen LogP contribution in [0.15, 0.2) is 42.7 Å². The molecule has 2 aromatic rings. The fourth-order valence-corrected chi connectivity index (χ4v) is 2.01. The molecule has 0 aliphatic rings. The number of aromatic nitrogens is 2. The minimum Gasteiger partial charge on any atom is -0.394 e. The van der Waals surface area contributed by atoms with Gasteiger partial charge in [0.05, 0.1) is 12.6 Å². The van der Waals surface area contributed by atoms with Gasteiger partial charge in [0.25, 0.3) is 5.91 Å². The molecule has 0 saturated carbocycles. The molecule has 1 amide bonds. The Bertz CT molecular complexity index is 617. The highest BCUT2D eigenvalue weighted by Gasteiger charge is 2.15. The highest BCUT2D eigenvalue weighted by molar-refractivity contribution is 5.93. The molecule has 0 aliphatic carbocycles. The molecule has 0 unspecified atom stereocenters. The molecular formula is C16H20N4O2. The summed E-state index contributed by atoms with van der Waals surface area (Å²) in [7, 11) is 3.79. The first kappa shape index (κ1) is 15.9. The van der Waals surface area contributed by atoms with Crippen LogP contribution in [0.5, 0.6) is 0 Å². The first-order chi connectivity index (χ1) is 10.6. The van der Waals surface area contributed by atoms with Crippen molar-refractivity contribution in [2.45, 2.75) is 12.5 Å². The Kier molecular flexibility index (Phi) is 5.43. The maximum absolute atomic E-state index is 12.3. The second-order valence-corrected chi connectivity index (χ2v) is 5.17. The molecule has 6 nitrogen and oxygen atoms in total. The number of nitrogens with zero attached hydrogens (tertiary/aromatic N) is 3. The summed E-state index contributed by atoms with van der Waals surface area (Å²) >= 11 is 0. The normalized spacial score (nSPS) is 11.8. The van der Waals surface area contributed by atoms with E-state index in [1.165, 1.54) is 0 Å². The number of amides is 1. The van der Waals surface area contributed by atoms with E-state index in [-0.39, 0.29) is 12.5 Å². The minimum absolute atomic E-state index is 0.157. The third kappa shape index (κ3) is 4.26. The summed E-state index contributed by atoms with van der Waals surface area (Å²) in [5.41, 5.74) is 2.04. The first-order valence-electron chi connectivity index (χ1n) is 7.05. The van der Waals surface area contributed by atoms with Crippen LogP contribution >= 0.6 is 0 Å². The number of hydrogen-bond donors (Lipinski definition) is 2. The number of carbonyl (C=O) groups excluding carboxylic acids is 1. The average molecular weight is 300 g/mol. The number of hydrogen-bond acceptors (Lipinski definition) is 5. The van der Waals surface area contributed by atoms with E-state index >= 15 is 0 Å². The summed E-state index contributed by atoms with van der Waals surface area (Å²) in [6, 6.07) is 8.71. The molecule has 1 atom stereocenters. The van der Waals surface area contributed by atoms with Crippen molar-refractivity contribution in [3.8, 4) is 0 Å². The molecule has 2 N–H and O–H groups in total. The molecule has 22 heavy (non-hydrogen) atoms. The zero-order valence-corrected chi connectivity index (χ0v) is 12.7. The third-order valence-corrected chi connectivity index (χ3v) is 3.23. The van der Waals surface area contributed by atoms with Crippen molar-refractivity contribution >= 4 is 11.6 Å². The largest absolute Gasteiger partial charge is 0.394 e. The van der Waals surface area contributed by atoms with E-state index in [4.69, 9.17) is 0 Å². The predicted molar refractivity (Wildman–Crippen MR) is 84.8 cm³/mol. The number of anilines is 1. The van der Waals surface area contributed by atoms with Crippen LogP contribution in [-0.2, 0) is 6.42 Å². The van der Waals surface area contributed by atoms with Gasteiger partial charge in [0.2, 0.25) is 0 Å². The van der Waals surface area contributed by atoms with Crippen LogP contribution in [0.1, 0.15) is 16.2 Å². The van der Waals surface area contributed by atoms with Crippen LogP contribution in [0.3, 0.4) is 0 Å². The predicted octanol–water partition coefficient (Wildman–Crippen LogP) is 0.876. The van der Waals surface area contributed by atoms with Gasteiger partial charge in [-0.2, -0.15) is 0 Å². The maximum Gasteiger partial charge on any atom is 0.270 e. The molecule has 0 fully saturated rings. The summed E-state index contributed by atoms with van der Waals surface area (Å²) in [5.74, 6) is -0.307. The number of nitrogens with one attached hydrogen (secondary N) is 1. The van der Waals surface area contributed by atoms with Gasteiger partial charge >= 0.3 is 0 Å². The van der Waals surface area contributed by atoms with E-state index in [9.17, 15) is 9.90 Å². The minimum atomic E-state index is -0.396. The summed E-state index contributed by atoms with van der Waals surface area (Å²) in [5, 5.41) is 12.2. The highest BCUT2D eigenvalue weighted by atomic mass is 16.3.